The van der Waals surface area contributed by atoms with E-state index in [-0.39, 0.29) is 5.78 Å². The van der Waals surface area contributed by atoms with Crippen LogP contribution in [0.4, 0.5) is 0 Å². The van der Waals surface area contributed by atoms with Crippen molar-refractivity contribution in [2.24, 2.45) is 5.92 Å². The highest BCUT2D eigenvalue weighted by Crippen LogP contribution is 2.13. The van der Waals surface area contributed by atoms with E-state index in [9.17, 15) is 4.79 Å². The van der Waals surface area contributed by atoms with Gasteiger partial charge in [0.25, 0.3) is 0 Å². The van der Waals surface area contributed by atoms with E-state index in [4.69, 9.17) is 0 Å². The van der Waals surface area contributed by atoms with Crippen LogP contribution in [0.25, 0.3) is 0 Å². The summed E-state index contributed by atoms with van der Waals surface area (Å²) in [6.07, 6.45) is 6.22. The quantitative estimate of drug-likeness (QED) is 0.593. The van der Waals surface area contributed by atoms with Crippen LogP contribution in [-0.2, 0) is 13.0 Å². The first-order valence-corrected chi connectivity index (χ1v) is 6.87. The lowest BCUT2D eigenvalue weighted by Gasteiger charge is -2.07. The highest BCUT2D eigenvalue weighted by atomic mass is 16.1. The van der Waals surface area contributed by atoms with Crippen LogP contribution in [0, 0.1) is 5.92 Å². The molecule has 0 aliphatic carbocycles. The zero-order valence-electron chi connectivity index (χ0n) is 12.0. The number of allylic oxidation sites excluding steroid dienone is 1. The molecule has 1 aromatic heterocycles. The minimum atomic E-state index is -0.0482. The van der Waals surface area contributed by atoms with Crippen molar-refractivity contribution in [2.45, 2.75) is 26.8 Å². The number of aromatic nitrogens is 2. The van der Waals surface area contributed by atoms with Crippen molar-refractivity contribution in [3.63, 3.8) is 0 Å². The molecule has 3 heteroatoms. The lowest BCUT2D eigenvalue weighted by atomic mass is 10.0. The molecule has 0 unspecified atom stereocenters. The molecule has 0 saturated carbocycles. The van der Waals surface area contributed by atoms with Crippen LogP contribution in [0.2, 0.25) is 0 Å². The zero-order chi connectivity index (χ0) is 14.5. The molecule has 0 radical (unpaired) electrons. The van der Waals surface area contributed by atoms with Crippen LogP contribution in [-0.4, -0.2) is 15.3 Å². The molecule has 20 heavy (non-hydrogen) atoms. The normalized spacial score (nSPS) is 10.8. The van der Waals surface area contributed by atoms with Crippen LogP contribution in [0.15, 0.2) is 49.3 Å². The van der Waals surface area contributed by atoms with Crippen LogP contribution in [0.3, 0.4) is 0 Å². The second-order valence-electron chi connectivity index (χ2n) is 5.32. The Labute approximate surface area is 120 Å². The Morgan fingerprint density at radius 2 is 2.05 bits per heavy atom. The van der Waals surface area contributed by atoms with Gasteiger partial charge in [-0.2, -0.15) is 0 Å². The van der Waals surface area contributed by atoms with Crippen molar-refractivity contribution in [2.75, 3.05) is 0 Å². The van der Waals surface area contributed by atoms with E-state index in [1.165, 1.54) is 5.56 Å². The van der Waals surface area contributed by atoms with Gasteiger partial charge in [0.2, 0.25) is 5.78 Å². The standard InChI is InChI=1S/C17H20N2O/c1-4-10-19-11-9-18-17(19)16(20)15-7-5-14(6-8-15)12-13(2)3/h4-9,11,13H,1,10,12H2,2-3H3. The summed E-state index contributed by atoms with van der Waals surface area (Å²) < 4.78 is 1.80. The molecular weight excluding hydrogens is 248 g/mol. The van der Waals surface area contributed by atoms with E-state index in [1.807, 2.05) is 24.3 Å². The average molecular weight is 268 g/mol. The third kappa shape index (κ3) is 3.23. The molecule has 104 valence electrons. The van der Waals surface area contributed by atoms with E-state index >= 15 is 0 Å². The van der Waals surface area contributed by atoms with Gasteiger partial charge in [0.1, 0.15) is 0 Å². The molecule has 3 nitrogen and oxygen atoms in total. The molecule has 1 aromatic carbocycles. The van der Waals surface area contributed by atoms with Gasteiger partial charge < -0.3 is 4.57 Å². The van der Waals surface area contributed by atoms with Crippen molar-refractivity contribution in [1.82, 2.24) is 9.55 Å². The summed E-state index contributed by atoms with van der Waals surface area (Å²) in [6.45, 7) is 8.65. The number of imidazole rings is 1. The van der Waals surface area contributed by atoms with E-state index < -0.39 is 0 Å². The summed E-state index contributed by atoms with van der Waals surface area (Å²) in [7, 11) is 0. The predicted molar refractivity (Wildman–Crippen MR) is 80.8 cm³/mol. The lowest BCUT2D eigenvalue weighted by Crippen LogP contribution is -2.10. The molecular formula is C17H20N2O. The van der Waals surface area contributed by atoms with Gasteiger partial charge in [0.05, 0.1) is 0 Å². The van der Waals surface area contributed by atoms with Crippen LogP contribution in [0.1, 0.15) is 35.6 Å². The van der Waals surface area contributed by atoms with E-state index in [0.717, 1.165) is 6.42 Å². The first-order valence-electron chi connectivity index (χ1n) is 6.87. The Hall–Kier alpha value is -2.16. The molecule has 0 bridgehead atoms. The summed E-state index contributed by atoms with van der Waals surface area (Å²) in [6, 6.07) is 7.81. The monoisotopic (exact) mass is 268 g/mol. The predicted octanol–water partition coefficient (Wildman–Crippen LogP) is 3.50. The number of benzene rings is 1. The Kier molecular flexibility index (Phi) is 4.51. The summed E-state index contributed by atoms with van der Waals surface area (Å²) in [5.41, 5.74) is 1.93. The molecule has 1 heterocycles. The van der Waals surface area contributed by atoms with Gasteiger partial charge in [-0.25, -0.2) is 4.98 Å². The SMILES string of the molecule is C=CCn1ccnc1C(=O)c1ccc(CC(C)C)cc1. The van der Waals surface area contributed by atoms with Gasteiger partial charge in [-0.15, -0.1) is 6.58 Å². The fourth-order valence-electron chi connectivity index (χ4n) is 2.20. The average Bonchev–Trinajstić information content (AvgIpc) is 2.87. The number of hydrogen-bond acceptors (Lipinski definition) is 2. The third-order valence-electron chi connectivity index (χ3n) is 3.10. The Morgan fingerprint density at radius 3 is 2.65 bits per heavy atom. The van der Waals surface area contributed by atoms with Crippen molar-refractivity contribution in [3.05, 3.63) is 66.3 Å². The molecule has 0 aliphatic heterocycles. The van der Waals surface area contributed by atoms with E-state index in [2.05, 4.69) is 25.4 Å². The summed E-state index contributed by atoms with van der Waals surface area (Å²) in [5.74, 6) is 1.03. The van der Waals surface area contributed by atoms with Gasteiger partial charge in [-0.1, -0.05) is 44.2 Å². The van der Waals surface area contributed by atoms with Gasteiger partial charge in [-0.3, -0.25) is 4.79 Å². The lowest BCUT2D eigenvalue weighted by molar-refractivity contribution is 0.102. The first kappa shape index (κ1) is 14.3. The number of ketones is 1. The number of hydrogen-bond donors (Lipinski definition) is 0. The maximum absolute atomic E-state index is 12.4. The van der Waals surface area contributed by atoms with E-state index in [1.54, 1.807) is 23.0 Å². The van der Waals surface area contributed by atoms with Gasteiger partial charge in [0, 0.05) is 24.5 Å². The molecule has 2 rings (SSSR count). The maximum atomic E-state index is 12.4. The molecule has 0 fully saturated rings. The molecule has 0 saturated heterocycles. The van der Waals surface area contributed by atoms with Gasteiger partial charge >= 0.3 is 0 Å². The third-order valence-corrected chi connectivity index (χ3v) is 3.10. The van der Waals surface area contributed by atoms with E-state index in [0.29, 0.717) is 23.9 Å². The second kappa shape index (κ2) is 6.33. The molecule has 2 aromatic rings. The summed E-state index contributed by atoms with van der Waals surface area (Å²) >= 11 is 0. The van der Waals surface area contributed by atoms with Crippen LogP contribution in [0.5, 0.6) is 0 Å². The summed E-state index contributed by atoms with van der Waals surface area (Å²) in [4.78, 5) is 16.6. The maximum Gasteiger partial charge on any atom is 0.228 e. The smallest absolute Gasteiger partial charge is 0.228 e. The first-order chi connectivity index (χ1) is 9.61. The number of carbonyl (C=O) groups excluding carboxylic acids is 1. The minimum absolute atomic E-state index is 0.0482. The van der Waals surface area contributed by atoms with Gasteiger partial charge in [0.15, 0.2) is 5.82 Å². The Morgan fingerprint density at radius 1 is 1.35 bits per heavy atom. The van der Waals surface area contributed by atoms with Gasteiger partial charge in [-0.05, 0) is 17.9 Å². The van der Waals surface area contributed by atoms with Crippen molar-refractivity contribution < 1.29 is 4.79 Å². The van der Waals surface area contributed by atoms with Crippen LogP contribution < -0.4 is 0 Å². The number of carbonyl (C=O) groups is 1. The highest BCUT2D eigenvalue weighted by Gasteiger charge is 2.14. The fraction of sp³-hybridized carbons (Fsp3) is 0.294. The topological polar surface area (TPSA) is 34.9 Å². The molecule has 0 N–H and O–H groups in total. The van der Waals surface area contributed by atoms with Crippen LogP contribution >= 0.6 is 0 Å². The second-order valence-corrected chi connectivity index (χ2v) is 5.32. The number of nitrogens with zero attached hydrogens (tertiary/aromatic N) is 2. The van der Waals surface area contributed by atoms with Crippen molar-refractivity contribution in [3.8, 4) is 0 Å². The largest absolute Gasteiger partial charge is 0.324 e. The fourth-order valence-corrected chi connectivity index (χ4v) is 2.20. The zero-order valence-corrected chi connectivity index (χ0v) is 12.0. The van der Waals surface area contributed by atoms with Crippen molar-refractivity contribution in [1.29, 1.82) is 0 Å². The van der Waals surface area contributed by atoms with Crippen molar-refractivity contribution >= 4 is 5.78 Å². The number of rotatable bonds is 6. The molecule has 0 aliphatic rings. The Bertz CT molecular complexity index is 594. The Balaban J connectivity index is 2.20. The molecule has 0 amide bonds. The highest BCUT2D eigenvalue weighted by molar-refractivity contribution is 6.06. The minimum Gasteiger partial charge on any atom is -0.324 e. The molecule has 0 atom stereocenters. The summed E-state index contributed by atoms with van der Waals surface area (Å²) in [5, 5.41) is 0. The molecule has 0 spiro atoms.